The summed E-state index contributed by atoms with van der Waals surface area (Å²) in [4.78, 5) is 2.14. The van der Waals surface area contributed by atoms with E-state index in [0.29, 0.717) is 24.8 Å². The van der Waals surface area contributed by atoms with Crippen molar-refractivity contribution in [2.75, 3.05) is 25.4 Å². The molecule has 1 aromatic carbocycles. The van der Waals surface area contributed by atoms with Gasteiger partial charge in [0, 0.05) is 30.4 Å². The first-order valence-corrected chi connectivity index (χ1v) is 7.01. The molecule has 4 nitrogen and oxygen atoms in total. The number of benzene rings is 1. The fourth-order valence-electron chi connectivity index (χ4n) is 2.49. The Morgan fingerprint density at radius 1 is 1.21 bits per heavy atom. The van der Waals surface area contributed by atoms with E-state index in [9.17, 15) is 5.11 Å². The van der Waals surface area contributed by atoms with Crippen LogP contribution in [-0.2, 0) is 0 Å². The van der Waals surface area contributed by atoms with Gasteiger partial charge in [0.2, 0.25) is 0 Å². The smallest absolute Gasteiger partial charge is 0.0936 e. The first-order valence-electron chi connectivity index (χ1n) is 7.01. The van der Waals surface area contributed by atoms with Crippen LogP contribution in [0.3, 0.4) is 0 Å². The van der Waals surface area contributed by atoms with Crippen LogP contribution in [-0.4, -0.2) is 40.9 Å². The first kappa shape index (κ1) is 16.0. The maximum atomic E-state index is 10.3. The number of hydrogen-bond acceptors (Lipinski definition) is 4. The Morgan fingerprint density at radius 2 is 1.84 bits per heavy atom. The predicted octanol–water partition coefficient (Wildman–Crippen LogP) is 1.79. The average Bonchev–Trinajstić information content (AvgIpc) is 2.40. The zero-order valence-electron chi connectivity index (χ0n) is 11.9. The highest BCUT2D eigenvalue weighted by molar-refractivity contribution is 5.47. The number of aliphatic hydroxyl groups excluding tert-OH is 2. The quantitative estimate of drug-likeness (QED) is 0.627. The van der Waals surface area contributed by atoms with Crippen LogP contribution < -0.4 is 5.73 Å². The molecule has 0 aliphatic rings. The van der Waals surface area contributed by atoms with Gasteiger partial charge in [-0.3, -0.25) is 4.90 Å². The van der Waals surface area contributed by atoms with Gasteiger partial charge in [-0.15, -0.1) is 0 Å². The maximum Gasteiger partial charge on any atom is 0.0936 e. The lowest BCUT2D eigenvalue weighted by atomic mass is 10.0. The summed E-state index contributed by atoms with van der Waals surface area (Å²) in [7, 11) is 0. The lowest BCUT2D eigenvalue weighted by Crippen LogP contribution is -2.39. The Labute approximate surface area is 115 Å². The van der Waals surface area contributed by atoms with Crippen molar-refractivity contribution in [3.63, 3.8) is 0 Å². The third kappa shape index (κ3) is 4.49. The Morgan fingerprint density at radius 3 is 2.37 bits per heavy atom. The second-order valence-corrected chi connectivity index (χ2v) is 4.83. The SMILES string of the molecule is CCC(CC)N(CCO)CC(O)c1ccccc1N. The molecule has 4 N–H and O–H groups in total. The molecular weight excluding hydrogens is 240 g/mol. The number of nitrogen functional groups attached to an aromatic ring is 1. The monoisotopic (exact) mass is 266 g/mol. The van der Waals surface area contributed by atoms with E-state index >= 15 is 0 Å². The fourth-order valence-corrected chi connectivity index (χ4v) is 2.49. The largest absolute Gasteiger partial charge is 0.398 e. The normalized spacial score (nSPS) is 13.2. The van der Waals surface area contributed by atoms with Crippen LogP contribution >= 0.6 is 0 Å². The summed E-state index contributed by atoms with van der Waals surface area (Å²) in [6.45, 7) is 5.44. The molecule has 108 valence electrons. The topological polar surface area (TPSA) is 69.7 Å². The van der Waals surface area contributed by atoms with Crippen molar-refractivity contribution in [3.05, 3.63) is 29.8 Å². The predicted molar refractivity (Wildman–Crippen MR) is 78.8 cm³/mol. The van der Waals surface area contributed by atoms with Gasteiger partial charge in [-0.1, -0.05) is 32.0 Å². The van der Waals surface area contributed by atoms with Crippen LogP contribution in [0, 0.1) is 0 Å². The van der Waals surface area contributed by atoms with Gasteiger partial charge in [0.05, 0.1) is 12.7 Å². The van der Waals surface area contributed by atoms with E-state index in [1.165, 1.54) is 0 Å². The highest BCUT2D eigenvalue weighted by atomic mass is 16.3. The van der Waals surface area contributed by atoms with Crippen LogP contribution in [0.25, 0.3) is 0 Å². The van der Waals surface area contributed by atoms with Crippen LogP contribution in [0.15, 0.2) is 24.3 Å². The lowest BCUT2D eigenvalue weighted by Gasteiger charge is -2.31. The summed E-state index contributed by atoms with van der Waals surface area (Å²) in [5.41, 5.74) is 7.26. The fraction of sp³-hybridized carbons (Fsp3) is 0.600. The average molecular weight is 266 g/mol. The van der Waals surface area contributed by atoms with Gasteiger partial charge in [0.25, 0.3) is 0 Å². The number of nitrogens with zero attached hydrogens (tertiary/aromatic N) is 1. The van der Waals surface area contributed by atoms with Crippen molar-refractivity contribution in [3.8, 4) is 0 Å². The molecule has 1 rings (SSSR count). The van der Waals surface area contributed by atoms with E-state index in [4.69, 9.17) is 10.8 Å². The molecule has 19 heavy (non-hydrogen) atoms. The molecular formula is C15H26N2O2. The number of para-hydroxylation sites is 1. The van der Waals surface area contributed by atoms with Gasteiger partial charge >= 0.3 is 0 Å². The molecule has 0 aliphatic heterocycles. The molecule has 0 saturated carbocycles. The Hall–Kier alpha value is -1.10. The van der Waals surface area contributed by atoms with Gasteiger partial charge in [-0.25, -0.2) is 0 Å². The van der Waals surface area contributed by atoms with Crippen LogP contribution in [0.4, 0.5) is 5.69 Å². The van der Waals surface area contributed by atoms with Crippen molar-refractivity contribution >= 4 is 5.69 Å². The van der Waals surface area contributed by atoms with Crippen molar-refractivity contribution in [2.24, 2.45) is 0 Å². The third-order valence-electron chi connectivity index (χ3n) is 3.61. The summed E-state index contributed by atoms with van der Waals surface area (Å²) in [6, 6.07) is 7.77. The lowest BCUT2D eigenvalue weighted by molar-refractivity contribution is 0.0702. The third-order valence-corrected chi connectivity index (χ3v) is 3.61. The minimum atomic E-state index is -0.617. The summed E-state index contributed by atoms with van der Waals surface area (Å²) in [6.07, 6.45) is 1.40. The number of aliphatic hydroxyl groups is 2. The molecule has 0 heterocycles. The molecule has 0 aromatic heterocycles. The van der Waals surface area contributed by atoms with Crippen LogP contribution in [0.2, 0.25) is 0 Å². The van der Waals surface area contributed by atoms with Crippen molar-refractivity contribution in [2.45, 2.75) is 38.8 Å². The molecule has 0 saturated heterocycles. The number of rotatable bonds is 8. The Balaban J connectivity index is 2.76. The highest BCUT2D eigenvalue weighted by Crippen LogP contribution is 2.22. The number of hydrogen-bond donors (Lipinski definition) is 3. The van der Waals surface area contributed by atoms with E-state index in [0.717, 1.165) is 18.4 Å². The molecule has 0 radical (unpaired) electrons. The Bertz CT molecular complexity index is 367. The molecule has 0 aliphatic carbocycles. The molecule has 4 heteroatoms. The molecule has 0 spiro atoms. The minimum Gasteiger partial charge on any atom is -0.398 e. The van der Waals surface area contributed by atoms with Gasteiger partial charge in [-0.2, -0.15) is 0 Å². The summed E-state index contributed by atoms with van der Waals surface area (Å²) in [5, 5.41) is 19.5. The van der Waals surface area contributed by atoms with E-state index in [1.807, 2.05) is 18.2 Å². The van der Waals surface area contributed by atoms with E-state index in [1.54, 1.807) is 6.07 Å². The van der Waals surface area contributed by atoms with Crippen LogP contribution in [0.1, 0.15) is 38.4 Å². The molecule has 1 aromatic rings. The Kier molecular flexibility index (Phi) is 6.84. The molecule has 0 bridgehead atoms. The van der Waals surface area contributed by atoms with Crippen molar-refractivity contribution in [1.82, 2.24) is 4.90 Å². The number of nitrogens with two attached hydrogens (primary N) is 1. The second kappa shape index (κ2) is 8.15. The summed E-state index contributed by atoms with van der Waals surface area (Å²) < 4.78 is 0. The standard InChI is InChI=1S/C15H26N2O2/c1-3-12(4-2)17(9-10-18)11-15(19)13-7-5-6-8-14(13)16/h5-8,12,15,18-19H,3-4,9-11,16H2,1-2H3. The highest BCUT2D eigenvalue weighted by Gasteiger charge is 2.20. The summed E-state index contributed by atoms with van der Waals surface area (Å²) >= 11 is 0. The van der Waals surface area contributed by atoms with Crippen LogP contribution in [0.5, 0.6) is 0 Å². The van der Waals surface area contributed by atoms with Gasteiger partial charge in [-0.05, 0) is 18.9 Å². The van der Waals surface area contributed by atoms with Gasteiger partial charge < -0.3 is 15.9 Å². The van der Waals surface area contributed by atoms with E-state index in [2.05, 4.69) is 18.7 Å². The minimum absolute atomic E-state index is 0.105. The zero-order valence-corrected chi connectivity index (χ0v) is 11.9. The van der Waals surface area contributed by atoms with E-state index in [-0.39, 0.29) is 6.61 Å². The first-order chi connectivity index (χ1) is 9.13. The maximum absolute atomic E-state index is 10.3. The van der Waals surface area contributed by atoms with Gasteiger partial charge in [0.15, 0.2) is 0 Å². The number of anilines is 1. The van der Waals surface area contributed by atoms with Crippen molar-refractivity contribution in [1.29, 1.82) is 0 Å². The summed E-state index contributed by atoms with van der Waals surface area (Å²) in [5.74, 6) is 0. The second-order valence-electron chi connectivity index (χ2n) is 4.83. The zero-order chi connectivity index (χ0) is 14.3. The van der Waals surface area contributed by atoms with Crippen molar-refractivity contribution < 1.29 is 10.2 Å². The van der Waals surface area contributed by atoms with Gasteiger partial charge in [0.1, 0.15) is 0 Å². The molecule has 0 amide bonds. The molecule has 1 unspecified atom stereocenters. The molecule has 0 fully saturated rings. The van der Waals surface area contributed by atoms with E-state index < -0.39 is 6.10 Å². The molecule has 1 atom stereocenters.